The molecule has 0 spiro atoms. The van der Waals surface area contributed by atoms with Crippen LogP contribution in [0.4, 0.5) is 0 Å². The van der Waals surface area contributed by atoms with Crippen LogP contribution in [0, 0.1) is 5.92 Å². The first-order valence-corrected chi connectivity index (χ1v) is 17.0. The summed E-state index contributed by atoms with van der Waals surface area (Å²) in [6.07, 6.45) is 13.9. The van der Waals surface area contributed by atoms with E-state index in [0.29, 0.717) is 19.3 Å². The van der Waals surface area contributed by atoms with Gasteiger partial charge in [0.1, 0.15) is 11.5 Å². The maximum Gasteiger partial charge on any atom is 0.273 e. The summed E-state index contributed by atoms with van der Waals surface area (Å²) in [4.78, 5) is 49.7. The number of aromatic hydroxyl groups is 2. The zero-order valence-electron chi connectivity index (χ0n) is 27.9. The van der Waals surface area contributed by atoms with Crippen molar-refractivity contribution in [3.05, 3.63) is 58.7 Å². The van der Waals surface area contributed by atoms with Crippen LogP contribution in [0.25, 0.3) is 0 Å². The number of benzene rings is 2. The Morgan fingerprint density at radius 1 is 0.609 bits per heavy atom. The lowest BCUT2D eigenvalue weighted by atomic mass is 9.97. The van der Waals surface area contributed by atoms with E-state index in [4.69, 9.17) is 0 Å². The molecule has 0 heterocycles. The van der Waals surface area contributed by atoms with Gasteiger partial charge in [-0.2, -0.15) is 0 Å². The lowest BCUT2D eigenvalue weighted by Gasteiger charge is -2.16. The molecule has 0 aromatic heterocycles. The fourth-order valence-electron chi connectivity index (χ4n) is 5.28. The topological polar surface area (TPSA) is 157 Å². The quantitative estimate of drug-likeness (QED) is 0.0714. The molecule has 0 aliphatic rings. The van der Waals surface area contributed by atoms with Crippen LogP contribution in [0.5, 0.6) is 11.5 Å². The molecule has 10 nitrogen and oxygen atoms in total. The number of hydrogen-bond acceptors (Lipinski definition) is 6. The number of carbonyl (C=O) groups excluding carboxylic acids is 4. The van der Waals surface area contributed by atoms with Crippen molar-refractivity contribution in [3.8, 4) is 11.5 Å². The molecule has 1 unspecified atom stereocenters. The van der Waals surface area contributed by atoms with Crippen LogP contribution in [0.3, 0.4) is 0 Å². The molecule has 2 aromatic carbocycles. The molecule has 1 atom stereocenters. The summed E-state index contributed by atoms with van der Waals surface area (Å²) in [7, 11) is 0. The van der Waals surface area contributed by atoms with Gasteiger partial charge in [0.05, 0.1) is 11.1 Å². The Kier molecular flexibility index (Phi) is 17.9. The van der Waals surface area contributed by atoms with Gasteiger partial charge in [-0.25, -0.2) is 0 Å². The molecule has 6 N–H and O–H groups in total. The molecule has 0 fully saturated rings. The van der Waals surface area contributed by atoms with E-state index in [9.17, 15) is 29.4 Å². The zero-order valence-corrected chi connectivity index (χ0v) is 27.9. The first kappa shape index (κ1) is 38.1. The Labute approximate surface area is 274 Å². The highest BCUT2D eigenvalue weighted by atomic mass is 16.3. The number of nitrogens with one attached hydrogen (secondary N) is 4. The number of carbonyl (C=O) groups is 4. The van der Waals surface area contributed by atoms with Gasteiger partial charge in [0, 0.05) is 12.3 Å². The van der Waals surface area contributed by atoms with Gasteiger partial charge >= 0.3 is 0 Å². The minimum absolute atomic E-state index is 0.103. The van der Waals surface area contributed by atoms with E-state index in [-0.39, 0.29) is 46.8 Å². The maximum absolute atomic E-state index is 12.6. The largest absolute Gasteiger partial charge is 0.507 e. The normalized spacial score (nSPS) is 11.5. The van der Waals surface area contributed by atoms with Crippen LogP contribution in [-0.2, 0) is 22.4 Å². The van der Waals surface area contributed by atoms with Crippen molar-refractivity contribution in [2.24, 2.45) is 5.92 Å². The van der Waals surface area contributed by atoms with Crippen molar-refractivity contribution in [1.82, 2.24) is 21.7 Å². The second-order valence-corrected chi connectivity index (χ2v) is 12.0. The Morgan fingerprint density at radius 2 is 1.11 bits per heavy atom. The average molecular weight is 639 g/mol. The number of hydrogen-bond donors (Lipinski definition) is 6. The van der Waals surface area contributed by atoms with Crippen molar-refractivity contribution in [3.63, 3.8) is 0 Å². The number of hydrazine groups is 2. The second-order valence-electron chi connectivity index (χ2n) is 12.0. The van der Waals surface area contributed by atoms with Crippen molar-refractivity contribution in [1.29, 1.82) is 0 Å². The highest BCUT2D eigenvalue weighted by molar-refractivity contribution is 5.98. The van der Waals surface area contributed by atoms with E-state index in [2.05, 4.69) is 35.6 Å². The Bertz CT molecular complexity index is 1270. The Hall–Kier alpha value is -4.08. The second kappa shape index (κ2) is 21.6. The number of phenols is 2. The van der Waals surface area contributed by atoms with Gasteiger partial charge in [0.25, 0.3) is 11.8 Å². The van der Waals surface area contributed by atoms with Crippen LogP contribution < -0.4 is 21.7 Å². The average Bonchev–Trinajstić information content (AvgIpc) is 3.04. The van der Waals surface area contributed by atoms with Crippen LogP contribution in [0.2, 0.25) is 0 Å². The van der Waals surface area contributed by atoms with E-state index >= 15 is 0 Å². The summed E-state index contributed by atoms with van der Waals surface area (Å²) in [5, 5.41) is 20.5. The van der Waals surface area contributed by atoms with E-state index in [0.717, 1.165) is 88.2 Å². The Balaban J connectivity index is 1.60. The number of amides is 4. The van der Waals surface area contributed by atoms with Gasteiger partial charge in [-0.3, -0.25) is 40.9 Å². The minimum Gasteiger partial charge on any atom is -0.507 e. The van der Waals surface area contributed by atoms with Gasteiger partial charge in [0.15, 0.2) is 0 Å². The number of unbranched alkanes of at least 4 members (excludes halogenated alkanes) is 8. The number of phenolic OH excluding ortho intramolecular Hbond substituents is 2. The monoisotopic (exact) mass is 638 g/mol. The first-order valence-electron chi connectivity index (χ1n) is 17.0. The predicted octanol–water partition coefficient (Wildman–Crippen LogP) is 6.54. The molecule has 4 amide bonds. The summed E-state index contributed by atoms with van der Waals surface area (Å²) in [5.41, 5.74) is 11.9. The summed E-state index contributed by atoms with van der Waals surface area (Å²) in [5.74, 6) is -2.15. The number of rotatable bonds is 20. The van der Waals surface area contributed by atoms with Crippen molar-refractivity contribution >= 4 is 23.6 Å². The SMILES string of the molecule is CCCCCc1ccc(C(=O)NNC(=O)CCCCCCCC(CC)C(=O)NNC(=O)c2ccc(CCCCC)cc2O)c(O)c1. The molecule has 0 saturated heterocycles. The van der Waals surface area contributed by atoms with Gasteiger partial charge in [-0.05, 0) is 80.3 Å². The molecule has 254 valence electrons. The summed E-state index contributed by atoms with van der Waals surface area (Å²) >= 11 is 0. The van der Waals surface area contributed by atoms with E-state index < -0.39 is 11.8 Å². The van der Waals surface area contributed by atoms with E-state index in [1.54, 1.807) is 24.3 Å². The van der Waals surface area contributed by atoms with E-state index in [1.807, 2.05) is 19.1 Å². The van der Waals surface area contributed by atoms with Crippen LogP contribution >= 0.6 is 0 Å². The third kappa shape index (κ3) is 13.9. The molecular formula is C36H54N4O6. The van der Waals surface area contributed by atoms with Gasteiger partial charge in [0.2, 0.25) is 11.8 Å². The molecule has 46 heavy (non-hydrogen) atoms. The lowest BCUT2D eigenvalue weighted by molar-refractivity contribution is -0.126. The standard InChI is InChI=1S/C36H54N4O6/c1-4-7-12-16-26-20-22-29(31(41)24-26)35(45)39-37-33(43)19-15-11-9-10-14-18-28(6-3)34(44)38-40-36(46)30-23-21-27(25-32(30)42)17-13-8-5-2/h20-25,28,41-42H,4-19H2,1-3H3,(H,37,43)(H,38,44)(H,39,45)(H,40,46). The maximum atomic E-state index is 12.6. The molecule has 2 aromatic rings. The predicted molar refractivity (Wildman–Crippen MR) is 180 cm³/mol. The molecule has 0 saturated carbocycles. The van der Waals surface area contributed by atoms with Crippen molar-refractivity contribution in [2.45, 2.75) is 124 Å². The molecule has 0 radical (unpaired) electrons. The smallest absolute Gasteiger partial charge is 0.273 e. The van der Waals surface area contributed by atoms with Crippen LogP contribution in [-0.4, -0.2) is 33.8 Å². The molecular weight excluding hydrogens is 584 g/mol. The fourth-order valence-corrected chi connectivity index (χ4v) is 5.28. The van der Waals surface area contributed by atoms with Gasteiger partial charge in [-0.1, -0.05) is 84.3 Å². The fraction of sp³-hybridized carbons (Fsp3) is 0.556. The van der Waals surface area contributed by atoms with Crippen molar-refractivity contribution in [2.75, 3.05) is 0 Å². The molecule has 0 bridgehead atoms. The van der Waals surface area contributed by atoms with Crippen LogP contribution in [0.15, 0.2) is 36.4 Å². The first-order chi connectivity index (χ1) is 22.2. The van der Waals surface area contributed by atoms with Crippen molar-refractivity contribution < 1.29 is 29.4 Å². The van der Waals surface area contributed by atoms with Gasteiger partial charge < -0.3 is 10.2 Å². The zero-order chi connectivity index (χ0) is 33.7. The molecule has 0 aliphatic heterocycles. The molecule has 10 heteroatoms. The third-order valence-electron chi connectivity index (χ3n) is 8.19. The highest BCUT2D eigenvalue weighted by Crippen LogP contribution is 2.22. The summed E-state index contributed by atoms with van der Waals surface area (Å²) in [6.45, 7) is 6.19. The summed E-state index contributed by atoms with van der Waals surface area (Å²) < 4.78 is 0. The Morgan fingerprint density at radius 3 is 1.61 bits per heavy atom. The summed E-state index contributed by atoms with van der Waals surface area (Å²) in [6, 6.07) is 10.0. The number of aryl methyl sites for hydroxylation is 2. The lowest BCUT2D eigenvalue weighted by Crippen LogP contribution is -2.44. The van der Waals surface area contributed by atoms with E-state index in [1.165, 1.54) is 0 Å². The van der Waals surface area contributed by atoms with Crippen LogP contribution in [0.1, 0.15) is 143 Å². The molecule has 2 rings (SSSR count). The van der Waals surface area contributed by atoms with Gasteiger partial charge in [-0.15, -0.1) is 0 Å². The highest BCUT2D eigenvalue weighted by Gasteiger charge is 2.18. The minimum atomic E-state index is -0.565. The molecule has 0 aliphatic carbocycles. The third-order valence-corrected chi connectivity index (χ3v) is 8.19.